The van der Waals surface area contributed by atoms with Crippen molar-refractivity contribution in [2.24, 2.45) is 0 Å². The van der Waals surface area contributed by atoms with E-state index in [0.717, 1.165) is 5.39 Å². The molecule has 0 atom stereocenters. The number of hydrazine groups is 1. The lowest BCUT2D eigenvalue weighted by molar-refractivity contribution is -0.123. The largest absolute Gasteiger partial charge is 0.484 e. The molecule has 138 valence electrons. The van der Waals surface area contributed by atoms with E-state index in [1.54, 1.807) is 6.07 Å². The molecule has 2 amide bonds. The summed E-state index contributed by atoms with van der Waals surface area (Å²) in [7, 11) is 0. The number of carbonyl (C=O) groups is 2. The van der Waals surface area contributed by atoms with Crippen molar-refractivity contribution in [3.05, 3.63) is 71.9 Å². The van der Waals surface area contributed by atoms with Crippen LogP contribution in [0.1, 0.15) is 35.8 Å². The molecule has 3 aromatic rings. The highest BCUT2D eigenvalue weighted by atomic mass is 16.5. The topological polar surface area (TPSA) is 80.3 Å². The number of amides is 2. The first kappa shape index (κ1) is 18.4. The molecule has 0 aliphatic heterocycles. The number of pyridine rings is 1. The number of ether oxygens (including phenoxy) is 1. The predicted octanol–water partition coefficient (Wildman–Crippen LogP) is 3.20. The molecular weight excluding hydrogens is 342 g/mol. The van der Waals surface area contributed by atoms with E-state index in [1.165, 1.54) is 5.56 Å². The van der Waals surface area contributed by atoms with Crippen molar-refractivity contribution < 1.29 is 14.3 Å². The molecule has 0 aliphatic carbocycles. The molecule has 2 aromatic carbocycles. The molecule has 2 N–H and O–H groups in total. The zero-order valence-electron chi connectivity index (χ0n) is 15.2. The van der Waals surface area contributed by atoms with Gasteiger partial charge in [-0.05, 0) is 35.7 Å². The molecule has 3 rings (SSSR count). The van der Waals surface area contributed by atoms with Gasteiger partial charge in [0.2, 0.25) is 0 Å². The van der Waals surface area contributed by atoms with E-state index in [4.69, 9.17) is 4.74 Å². The lowest BCUT2D eigenvalue weighted by Gasteiger charge is -2.10. The van der Waals surface area contributed by atoms with Crippen molar-refractivity contribution in [2.75, 3.05) is 6.61 Å². The monoisotopic (exact) mass is 363 g/mol. The fourth-order valence-corrected chi connectivity index (χ4v) is 2.52. The fraction of sp³-hybridized carbons (Fsp3) is 0.190. The van der Waals surface area contributed by atoms with Crippen LogP contribution in [0.2, 0.25) is 0 Å². The number of nitrogens with zero attached hydrogens (tertiary/aromatic N) is 1. The van der Waals surface area contributed by atoms with E-state index >= 15 is 0 Å². The maximum Gasteiger partial charge on any atom is 0.288 e. The highest BCUT2D eigenvalue weighted by Crippen LogP contribution is 2.18. The molecule has 0 saturated heterocycles. The summed E-state index contributed by atoms with van der Waals surface area (Å²) in [6.45, 7) is 4.01. The Hall–Kier alpha value is -3.41. The minimum Gasteiger partial charge on any atom is -0.484 e. The molecule has 0 fully saturated rings. The Bertz CT molecular complexity index is 952. The molecule has 0 unspecified atom stereocenters. The van der Waals surface area contributed by atoms with Crippen molar-refractivity contribution in [1.29, 1.82) is 0 Å². The Kier molecular flexibility index (Phi) is 5.66. The third kappa shape index (κ3) is 4.82. The quantitative estimate of drug-likeness (QED) is 0.682. The van der Waals surface area contributed by atoms with Crippen LogP contribution in [-0.2, 0) is 4.79 Å². The van der Waals surface area contributed by atoms with Gasteiger partial charge in [0.15, 0.2) is 6.61 Å². The first-order valence-electron chi connectivity index (χ1n) is 8.70. The molecule has 27 heavy (non-hydrogen) atoms. The Morgan fingerprint density at radius 3 is 2.44 bits per heavy atom. The number of para-hydroxylation sites is 1. The van der Waals surface area contributed by atoms with E-state index in [0.29, 0.717) is 17.2 Å². The smallest absolute Gasteiger partial charge is 0.288 e. The first-order chi connectivity index (χ1) is 13.0. The first-order valence-corrected chi connectivity index (χ1v) is 8.70. The van der Waals surface area contributed by atoms with Crippen molar-refractivity contribution in [3.8, 4) is 5.75 Å². The van der Waals surface area contributed by atoms with Crippen LogP contribution < -0.4 is 15.6 Å². The van der Waals surface area contributed by atoms with Gasteiger partial charge in [0.05, 0.1) is 5.52 Å². The van der Waals surface area contributed by atoms with E-state index in [-0.39, 0.29) is 12.3 Å². The van der Waals surface area contributed by atoms with Gasteiger partial charge >= 0.3 is 0 Å². The maximum atomic E-state index is 12.1. The maximum absolute atomic E-state index is 12.1. The molecular formula is C21H21N3O3. The standard InChI is InChI=1S/C21H21N3O3/c1-14(2)15-7-10-17(11-8-15)27-13-20(25)23-24-21(26)19-12-9-16-5-3-4-6-18(16)22-19/h3-12,14H,13H2,1-2H3,(H,23,25)(H,24,26). The van der Waals surface area contributed by atoms with E-state index in [2.05, 4.69) is 29.7 Å². The normalized spacial score (nSPS) is 10.6. The fourth-order valence-electron chi connectivity index (χ4n) is 2.52. The van der Waals surface area contributed by atoms with E-state index in [1.807, 2.05) is 54.6 Å². The van der Waals surface area contributed by atoms with Gasteiger partial charge in [-0.25, -0.2) is 4.98 Å². The van der Waals surface area contributed by atoms with Gasteiger partial charge in [-0.2, -0.15) is 0 Å². The Labute approximate surface area is 157 Å². The number of hydrogen-bond acceptors (Lipinski definition) is 4. The van der Waals surface area contributed by atoms with Crippen LogP contribution in [0.15, 0.2) is 60.7 Å². The molecule has 1 aromatic heterocycles. The number of aromatic nitrogens is 1. The lowest BCUT2D eigenvalue weighted by atomic mass is 10.0. The van der Waals surface area contributed by atoms with Crippen molar-refractivity contribution in [3.63, 3.8) is 0 Å². The Morgan fingerprint density at radius 2 is 1.70 bits per heavy atom. The minimum atomic E-state index is -0.490. The summed E-state index contributed by atoms with van der Waals surface area (Å²) in [5.74, 6) is 0.0748. The molecule has 1 heterocycles. The van der Waals surface area contributed by atoms with Crippen LogP contribution in [0.5, 0.6) is 5.75 Å². The third-order valence-corrected chi connectivity index (χ3v) is 4.06. The van der Waals surface area contributed by atoms with Crippen molar-refractivity contribution in [1.82, 2.24) is 15.8 Å². The summed E-state index contributed by atoms with van der Waals surface area (Å²) >= 11 is 0. The molecule has 0 radical (unpaired) electrons. The Balaban J connectivity index is 1.49. The second-order valence-corrected chi connectivity index (χ2v) is 6.40. The van der Waals surface area contributed by atoms with Crippen LogP contribution in [0.25, 0.3) is 10.9 Å². The van der Waals surface area contributed by atoms with Gasteiger partial charge in [-0.15, -0.1) is 0 Å². The number of hydrogen-bond donors (Lipinski definition) is 2. The highest BCUT2D eigenvalue weighted by molar-refractivity contribution is 5.95. The molecule has 0 bridgehead atoms. The zero-order chi connectivity index (χ0) is 19.2. The zero-order valence-corrected chi connectivity index (χ0v) is 15.2. The highest BCUT2D eigenvalue weighted by Gasteiger charge is 2.10. The SMILES string of the molecule is CC(C)c1ccc(OCC(=O)NNC(=O)c2ccc3ccccc3n2)cc1. The van der Waals surface area contributed by atoms with E-state index in [9.17, 15) is 9.59 Å². The number of rotatable bonds is 5. The molecule has 0 aliphatic rings. The van der Waals surface area contributed by atoms with Crippen LogP contribution in [-0.4, -0.2) is 23.4 Å². The summed E-state index contributed by atoms with van der Waals surface area (Å²) in [6, 6.07) is 18.5. The molecule has 0 saturated carbocycles. The van der Waals surface area contributed by atoms with Crippen LogP contribution >= 0.6 is 0 Å². The summed E-state index contributed by atoms with van der Waals surface area (Å²) in [5.41, 5.74) is 6.80. The lowest BCUT2D eigenvalue weighted by Crippen LogP contribution is -2.44. The van der Waals surface area contributed by atoms with Crippen LogP contribution in [0, 0.1) is 0 Å². The number of nitrogens with one attached hydrogen (secondary N) is 2. The summed E-state index contributed by atoms with van der Waals surface area (Å²) in [5, 5.41) is 0.940. The Morgan fingerprint density at radius 1 is 0.963 bits per heavy atom. The molecule has 0 spiro atoms. The minimum absolute atomic E-state index is 0.202. The molecule has 6 heteroatoms. The van der Waals surface area contributed by atoms with Gasteiger partial charge in [-0.1, -0.05) is 50.2 Å². The second-order valence-electron chi connectivity index (χ2n) is 6.40. The van der Waals surface area contributed by atoms with Gasteiger partial charge < -0.3 is 4.74 Å². The van der Waals surface area contributed by atoms with Crippen molar-refractivity contribution >= 4 is 22.7 Å². The third-order valence-electron chi connectivity index (χ3n) is 4.06. The van der Waals surface area contributed by atoms with Crippen molar-refractivity contribution in [2.45, 2.75) is 19.8 Å². The number of fused-ring (bicyclic) bond motifs is 1. The van der Waals surface area contributed by atoms with Gasteiger partial charge in [0.1, 0.15) is 11.4 Å². The molecule has 6 nitrogen and oxygen atoms in total. The average Bonchev–Trinajstić information content (AvgIpc) is 2.70. The van der Waals surface area contributed by atoms with Gasteiger partial charge in [0, 0.05) is 5.39 Å². The number of carbonyl (C=O) groups excluding carboxylic acids is 2. The van der Waals surface area contributed by atoms with Gasteiger partial charge in [-0.3, -0.25) is 20.4 Å². The summed E-state index contributed by atoms with van der Waals surface area (Å²) < 4.78 is 5.42. The summed E-state index contributed by atoms with van der Waals surface area (Å²) in [4.78, 5) is 28.3. The van der Waals surface area contributed by atoms with Crippen LogP contribution in [0.3, 0.4) is 0 Å². The number of benzene rings is 2. The predicted molar refractivity (Wildman–Crippen MR) is 103 cm³/mol. The van der Waals surface area contributed by atoms with Crippen LogP contribution in [0.4, 0.5) is 0 Å². The summed E-state index contributed by atoms with van der Waals surface area (Å²) in [6.07, 6.45) is 0. The van der Waals surface area contributed by atoms with E-state index < -0.39 is 11.8 Å². The second kappa shape index (κ2) is 8.31. The van der Waals surface area contributed by atoms with Gasteiger partial charge in [0.25, 0.3) is 11.8 Å². The average molecular weight is 363 g/mol.